The van der Waals surface area contributed by atoms with E-state index in [4.69, 9.17) is 0 Å². The van der Waals surface area contributed by atoms with Crippen LogP contribution in [0.15, 0.2) is 18.5 Å². The van der Waals surface area contributed by atoms with Crippen molar-refractivity contribution >= 4 is 11.3 Å². The number of nitrogens with zero attached hydrogens (tertiary/aromatic N) is 2. The fraction of sp³-hybridized carbons (Fsp3) is 0.562. The van der Waals surface area contributed by atoms with E-state index in [1.807, 2.05) is 6.20 Å². The van der Waals surface area contributed by atoms with Gasteiger partial charge in [0.1, 0.15) is 11.9 Å². The van der Waals surface area contributed by atoms with E-state index in [9.17, 15) is 5.11 Å². The Hall–Kier alpha value is -1.13. The molecule has 0 aromatic carbocycles. The van der Waals surface area contributed by atoms with Crippen LogP contribution in [0.3, 0.4) is 0 Å². The molecule has 1 unspecified atom stereocenters. The van der Waals surface area contributed by atoms with E-state index in [-0.39, 0.29) is 0 Å². The molecule has 0 bridgehead atoms. The molecule has 2 heterocycles. The smallest absolute Gasteiger partial charge is 0.146 e. The van der Waals surface area contributed by atoms with Gasteiger partial charge in [-0.2, -0.15) is 0 Å². The first-order valence-corrected chi connectivity index (χ1v) is 8.42. The number of fused-ring (bicyclic) bond motifs is 1. The second kappa shape index (κ2) is 6.10. The molecule has 4 heteroatoms. The van der Waals surface area contributed by atoms with Crippen LogP contribution in [0.2, 0.25) is 0 Å². The highest BCUT2D eigenvalue weighted by Gasteiger charge is 2.21. The number of aliphatic hydroxyl groups is 1. The molecule has 108 valence electrons. The van der Waals surface area contributed by atoms with Gasteiger partial charge in [-0.05, 0) is 43.7 Å². The van der Waals surface area contributed by atoms with E-state index in [1.54, 1.807) is 17.5 Å². The summed E-state index contributed by atoms with van der Waals surface area (Å²) in [6.07, 6.45) is 10.5. The van der Waals surface area contributed by atoms with E-state index in [2.05, 4.69) is 22.5 Å². The molecule has 0 radical (unpaired) electrons. The quantitative estimate of drug-likeness (QED) is 0.872. The Morgan fingerprint density at radius 2 is 2.20 bits per heavy atom. The average Bonchev–Trinajstić information content (AvgIpc) is 3.01. The Labute approximate surface area is 124 Å². The zero-order chi connectivity index (χ0) is 13.9. The van der Waals surface area contributed by atoms with Crippen molar-refractivity contribution in [3.63, 3.8) is 0 Å². The highest BCUT2D eigenvalue weighted by molar-refractivity contribution is 7.12. The van der Waals surface area contributed by atoms with Gasteiger partial charge in [-0.15, -0.1) is 11.3 Å². The maximum absolute atomic E-state index is 10.6. The lowest BCUT2D eigenvalue weighted by Crippen LogP contribution is -2.08. The van der Waals surface area contributed by atoms with Crippen molar-refractivity contribution in [2.45, 2.75) is 58.1 Å². The SMILES string of the molecule is CCCn1ccnc1C(O)c1cc2c(s1)CCCCC2. The third kappa shape index (κ3) is 2.67. The second-order valence-corrected chi connectivity index (χ2v) is 6.71. The van der Waals surface area contributed by atoms with Crippen molar-refractivity contribution in [1.29, 1.82) is 0 Å². The molecule has 2 aromatic heterocycles. The molecule has 0 spiro atoms. The molecule has 0 saturated heterocycles. The molecule has 0 amide bonds. The van der Waals surface area contributed by atoms with Crippen molar-refractivity contribution in [2.75, 3.05) is 0 Å². The first-order chi connectivity index (χ1) is 9.79. The summed E-state index contributed by atoms with van der Waals surface area (Å²) in [6, 6.07) is 2.21. The minimum absolute atomic E-state index is 0.575. The molecule has 2 aromatic rings. The highest BCUT2D eigenvalue weighted by Crippen LogP contribution is 2.34. The Bertz CT molecular complexity index is 549. The lowest BCUT2D eigenvalue weighted by molar-refractivity contribution is 0.208. The largest absolute Gasteiger partial charge is 0.380 e. The van der Waals surface area contributed by atoms with Crippen molar-refractivity contribution < 1.29 is 5.11 Å². The van der Waals surface area contributed by atoms with Gasteiger partial charge in [0.2, 0.25) is 0 Å². The fourth-order valence-corrected chi connectivity index (χ4v) is 4.19. The molecule has 0 fully saturated rings. The molecule has 1 N–H and O–H groups in total. The lowest BCUT2D eigenvalue weighted by Gasteiger charge is -2.11. The Morgan fingerprint density at radius 1 is 1.35 bits per heavy atom. The summed E-state index contributed by atoms with van der Waals surface area (Å²) in [5, 5.41) is 10.6. The average molecular weight is 290 g/mol. The minimum atomic E-state index is -0.575. The van der Waals surface area contributed by atoms with Crippen LogP contribution in [0.25, 0.3) is 0 Å². The van der Waals surface area contributed by atoms with Crippen molar-refractivity contribution in [1.82, 2.24) is 9.55 Å². The number of aryl methyl sites for hydroxylation is 3. The molecular weight excluding hydrogens is 268 g/mol. The van der Waals surface area contributed by atoms with Gasteiger partial charge in [0.05, 0.1) is 0 Å². The second-order valence-electron chi connectivity index (χ2n) is 5.54. The van der Waals surface area contributed by atoms with Gasteiger partial charge in [0.15, 0.2) is 0 Å². The van der Waals surface area contributed by atoms with Crippen LogP contribution in [0.1, 0.15) is 59.9 Å². The predicted octanol–water partition coefficient (Wildman–Crippen LogP) is 3.71. The van der Waals surface area contributed by atoms with Gasteiger partial charge in [-0.3, -0.25) is 0 Å². The molecule has 3 rings (SSSR count). The number of aromatic nitrogens is 2. The molecule has 1 atom stereocenters. The van der Waals surface area contributed by atoms with E-state index < -0.39 is 6.10 Å². The standard InChI is InChI=1S/C16H22N2OS/c1-2-9-18-10-8-17-16(18)15(19)14-11-12-6-4-3-5-7-13(12)20-14/h8,10-11,15,19H,2-7,9H2,1H3. The summed E-state index contributed by atoms with van der Waals surface area (Å²) >= 11 is 1.78. The van der Waals surface area contributed by atoms with Crippen LogP contribution < -0.4 is 0 Å². The number of imidazole rings is 1. The molecular formula is C16H22N2OS. The molecule has 3 nitrogen and oxygen atoms in total. The minimum Gasteiger partial charge on any atom is -0.380 e. The van der Waals surface area contributed by atoms with Crippen LogP contribution >= 0.6 is 11.3 Å². The number of rotatable bonds is 4. The Balaban J connectivity index is 1.86. The number of hydrogen-bond acceptors (Lipinski definition) is 3. The first-order valence-electron chi connectivity index (χ1n) is 7.60. The van der Waals surface area contributed by atoms with Gasteiger partial charge < -0.3 is 9.67 Å². The zero-order valence-electron chi connectivity index (χ0n) is 12.0. The van der Waals surface area contributed by atoms with Crippen molar-refractivity contribution in [3.05, 3.63) is 39.6 Å². The summed E-state index contributed by atoms with van der Waals surface area (Å²) in [6.45, 7) is 3.06. The van der Waals surface area contributed by atoms with E-state index in [0.717, 1.165) is 23.7 Å². The van der Waals surface area contributed by atoms with E-state index in [0.29, 0.717) is 0 Å². The summed E-state index contributed by atoms with van der Waals surface area (Å²) in [7, 11) is 0. The van der Waals surface area contributed by atoms with Gasteiger partial charge in [0.25, 0.3) is 0 Å². The van der Waals surface area contributed by atoms with Gasteiger partial charge in [-0.25, -0.2) is 4.98 Å². The number of thiophene rings is 1. The summed E-state index contributed by atoms with van der Waals surface area (Å²) in [5.41, 5.74) is 1.45. The maximum Gasteiger partial charge on any atom is 0.146 e. The third-order valence-corrected chi connectivity index (χ3v) is 5.28. The highest BCUT2D eigenvalue weighted by atomic mass is 32.1. The predicted molar refractivity (Wildman–Crippen MR) is 82.2 cm³/mol. The van der Waals surface area contributed by atoms with Crippen molar-refractivity contribution in [3.8, 4) is 0 Å². The maximum atomic E-state index is 10.6. The van der Waals surface area contributed by atoms with Gasteiger partial charge in [-0.1, -0.05) is 13.3 Å². The van der Waals surface area contributed by atoms with Crippen LogP contribution in [0.4, 0.5) is 0 Å². The van der Waals surface area contributed by atoms with Crippen LogP contribution in [0, 0.1) is 0 Å². The summed E-state index contributed by atoms with van der Waals surface area (Å²) in [5.74, 6) is 0.781. The molecule has 20 heavy (non-hydrogen) atoms. The number of hydrogen-bond donors (Lipinski definition) is 1. The summed E-state index contributed by atoms with van der Waals surface area (Å²) in [4.78, 5) is 6.89. The summed E-state index contributed by atoms with van der Waals surface area (Å²) < 4.78 is 2.07. The van der Waals surface area contributed by atoms with Crippen LogP contribution in [0.5, 0.6) is 0 Å². The zero-order valence-corrected chi connectivity index (χ0v) is 12.8. The van der Waals surface area contributed by atoms with Crippen molar-refractivity contribution in [2.24, 2.45) is 0 Å². The monoisotopic (exact) mass is 290 g/mol. The normalized spacial score (nSPS) is 16.7. The first kappa shape index (κ1) is 13.8. The molecule has 0 saturated carbocycles. The number of aliphatic hydroxyl groups excluding tert-OH is 1. The van der Waals surface area contributed by atoms with E-state index >= 15 is 0 Å². The van der Waals surface area contributed by atoms with Gasteiger partial charge >= 0.3 is 0 Å². The fourth-order valence-electron chi connectivity index (χ4n) is 2.95. The third-order valence-electron chi connectivity index (χ3n) is 3.99. The topological polar surface area (TPSA) is 38.0 Å². The van der Waals surface area contributed by atoms with Crippen LogP contribution in [-0.4, -0.2) is 14.7 Å². The van der Waals surface area contributed by atoms with Gasteiger partial charge in [0, 0.05) is 28.7 Å². The Kier molecular flexibility index (Phi) is 4.22. The van der Waals surface area contributed by atoms with Crippen LogP contribution in [-0.2, 0) is 19.4 Å². The lowest BCUT2D eigenvalue weighted by atomic mass is 10.1. The molecule has 1 aliphatic carbocycles. The molecule has 0 aliphatic heterocycles. The Morgan fingerprint density at radius 3 is 3.05 bits per heavy atom. The van der Waals surface area contributed by atoms with E-state index in [1.165, 1.54) is 42.5 Å². The molecule has 1 aliphatic rings.